The van der Waals surface area contributed by atoms with Gasteiger partial charge in [-0.05, 0) is 27.4 Å². The molecule has 0 fully saturated rings. The van der Waals surface area contributed by atoms with E-state index in [4.69, 9.17) is 5.73 Å². The van der Waals surface area contributed by atoms with Gasteiger partial charge in [0.1, 0.15) is 0 Å². The van der Waals surface area contributed by atoms with Crippen molar-refractivity contribution in [2.75, 3.05) is 7.05 Å². The van der Waals surface area contributed by atoms with Crippen molar-refractivity contribution < 1.29 is 4.79 Å². The molecule has 74 valence electrons. The Morgan fingerprint density at radius 3 is 2.77 bits per heavy atom. The van der Waals surface area contributed by atoms with Gasteiger partial charge in [-0.25, -0.2) is 4.79 Å². The van der Waals surface area contributed by atoms with Crippen molar-refractivity contribution in [3.63, 3.8) is 0 Å². The monoisotopic (exact) mass is 284 g/mol. The van der Waals surface area contributed by atoms with E-state index in [1.807, 2.05) is 11.4 Å². The number of amides is 2. The number of primary amides is 1. The number of hydrogen-bond acceptors (Lipinski definition) is 2. The second kappa shape index (κ2) is 5.47. The molecule has 0 aliphatic heterocycles. The van der Waals surface area contributed by atoms with E-state index in [-0.39, 0.29) is 12.4 Å². The summed E-state index contributed by atoms with van der Waals surface area (Å²) in [5.74, 6) is 0. The van der Waals surface area contributed by atoms with E-state index in [1.165, 1.54) is 4.90 Å². The smallest absolute Gasteiger partial charge is 0.314 e. The van der Waals surface area contributed by atoms with Gasteiger partial charge in [0.2, 0.25) is 0 Å². The van der Waals surface area contributed by atoms with E-state index >= 15 is 0 Å². The predicted molar refractivity (Wildman–Crippen MR) is 60.3 cm³/mol. The summed E-state index contributed by atoms with van der Waals surface area (Å²) in [6.45, 7) is 0.563. The molecule has 0 aromatic carbocycles. The lowest BCUT2D eigenvalue weighted by Gasteiger charge is -2.12. The molecule has 0 atom stereocenters. The van der Waals surface area contributed by atoms with Crippen LogP contribution in [-0.4, -0.2) is 18.0 Å². The third kappa shape index (κ3) is 3.54. The average molecular weight is 286 g/mol. The van der Waals surface area contributed by atoms with Crippen molar-refractivity contribution in [1.29, 1.82) is 0 Å². The molecule has 1 aromatic heterocycles. The molecule has 0 spiro atoms. The quantitative estimate of drug-likeness (QED) is 0.891. The van der Waals surface area contributed by atoms with Crippen LogP contribution in [0.5, 0.6) is 0 Å². The molecule has 1 heterocycles. The summed E-state index contributed by atoms with van der Waals surface area (Å²) in [5, 5.41) is 1.97. The van der Waals surface area contributed by atoms with Crippen molar-refractivity contribution in [3.05, 3.63) is 20.8 Å². The number of thiophene rings is 1. The molecule has 6 heteroatoms. The van der Waals surface area contributed by atoms with E-state index in [0.717, 1.165) is 9.35 Å². The van der Waals surface area contributed by atoms with Gasteiger partial charge in [0.05, 0.1) is 6.54 Å². The predicted octanol–water partition coefficient (Wildman–Crippen LogP) is 2.44. The molecule has 0 unspecified atom stereocenters. The van der Waals surface area contributed by atoms with Gasteiger partial charge in [-0.1, -0.05) is 0 Å². The van der Waals surface area contributed by atoms with Crippen molar-refractivity contribution in [2.45, 2.75) is 6.54 Å². The van der Waals surface area contributed by atoms with Crippen LogP contribution in [0.2, 0.25) is 0 Å². The minimum Gasteiger partial charge on any atom is -0.351 e. The first-order valence-electron chi connectivity index (χ1n) is 3.33. The topological polar surface area (TPSA) is 46.3 Å². The minimum absolute atomic E-state index is 0. The van der Waals surface area contributed by atoms with Crippen LogP contribution < -0.4 is 5.73 Å². The average Bonchev–Trinajstić information content (AvgIpc) is 2.36. The third-order valence-corrected chi connectivity index (χ3v) is 3.36. The van der Waals surface area contributed by atoms with Gasteiger partial charge in [-0.3, -0.25) is 0 Å². The highest BCUT2D eigenvalue weighted by Gasteiger charge is 2.07. The van der Waals surface area contributed by atoms with Crippen molar-refractivity contribution in [3.8, 4) is 0 Å². The molecule has 2 N–H and O–H groups in total. The highest BCUT2D eigenvalue weighted by Crippen LogP contribution is 2.23. The van der Waals surface area contributed by atoms with E-state index in [0.29, 0.717) is 6.54 Å². The fourth-order valence-electron chi connectivity index (χ4n) is 0.731. The maximum atomic E-state index is 10.7. The zero-order valence-corrected chi connectivity index (χ0v) is 10.2. The van der Waals surface area contributed by atoms with E-state index in [9.17, 15) is 4.79 Å². The molecule has 0 radical (unpaired) electrons. The molecule has 3 nitrogen and oxygen atoms in total. The number of hydrogen-bond donors (Lipinski definition) is 1. The minimum atomic E-state index is -0.407. The van der Waals surface area contributed by atoms with Gasteiger partial charge in [0.15, 0.2) is 0 Å². The fourth-order valence-corrected chi connectivity index (χ4v) is 2.26. The highest BCUT2D eigenvalue weighted by molar-refractivity contribution is 9.10. The second-order valence-electron chi connectivity index (χ2n) is 2.39. The lowest BCUT2D eigenvalue weighted by molar-refractivity contribution is 0.217. The van der Waals surface area contributed by atoms with Crippen molar-refractivity contribution in [2.24, 2.45) is 5.73 Å². The molecule has 0 saturated carbocycles. The second-order valence-corrected chi connectivity index (χ2v) is 4.24. The van der Waals surface area contributed by atoms with Crippen LogP contribution in [0.15, 0.2) is 15.9 Å². The van der Waals surface area contributed by atoms with Crippen molar-refractivity contribution >= 4 is 45.7 Å². The van der Waals surface area contributed by atoms with Gasteiger partial charge in [0, 0.05) is 16.4 Å². The first kappa shape index (κ1) is 12.7. The summed E-state index contributed by atoms with van der Waals surface area (Å²) in [4.78, 5) is 13.3. The molecular formula is C7H10BrClN2OS. The molecule has 0 bridgehead atoms. The number of carbonyl (C=O) groups is 1. The molecule has 1 rings (SSSR count). The Morgan fingerprint density at radius 2 is 2.38 bits per heavy atom. The van der Waals surface area contributed by atoms with Crippen LogP contribution in [0.25, 0.3) is 0 Å². The molecular weight excluding hydrogens is 276 g/mol. The van der Waals surface area contributed by atoms with Crippen LogP contribution in [0.1, 0.15) is 4.88 Å². The maximum absolute atomic E-state index is 10.7. The van der Waals surface area contributed by atoms with Gasteiger partial charge >= 0.3 is 6.03 Å². The SMILES string of the molecule is CN(Cc1sccc1Br)C(N)=O.Cl. The number of halogens is 2. The summed E-state index contributed by atoms with van der Waals surface area (Å²) in [7, 11) is 1.68. The van der Waals surface area contributed by atoms with E-state index in [2.05, 4.69) is 15.9 Å². The Morgan fingerprint density at radius 1 is 1.77 bits per heavy atom. The molecule has 0 aliphatic carbocycles. The zero-order valence-electron chi connectivity index (χ0n) is 6.99. The highest BCUT2D eigenvalue weighted by atomic mass is 79.9. The Hall–Kier alpha value is -0.260. The Bertz CT molecular complexity index is 292. The lowest BCUT2D eigenvalue weighted by atomic mass is 10.4. The first-order valence-corrected chi connectivity index (χ1v) is 5.01. The number of nitrogens with two attached hydrogens (primary N) is 1. The number of rotatable bonds is 2. The van der Waals surface area contributed by atoms with E-state index < -0.39 is 6.03 Å². The largest absolute Gasteiger partial charge is 0.351 e. The Balaban J connectivity index is 0.00000144. The van der Waals surface area contributed by atoms with Gasteiger partial charge in [-0.15, -0.1) is 23.7 Å². The summed E-state index contributed by atoms with van der Waals surface area (Å²) < 4.78 is 1.03. The van der Waals surface area contributed by atoms with Gasteiger partial charge in [0.25, 0.3) is 0 Å². The van der Waals surface area contributed by atoms with Crippen LogP contribution in [0.3, 0.4) is 0 Å². The first-order chi connectivity index (χ1) is 5.61. The molecule has 13 heavy (non-hydrogen) atoms. The maximum Gasteiger partial charge on any atom is 0.314 e. The van der Waals surface area contributed by atoms with Gasteiger partial charge in [-0.2, -0.15) is 0 Å². The summed E-state index contributed by atoms with van der Waals surface area (Å²) in [6, 6.07) is 1.55. The third-order valence-electron chi connectivity index (χ3n) is 1.45. The molecule has 2 amide bonds. The molecule has 0 saturated heterocycles. The lowest BCUT2D eigenvalue weighted by Crippen LogP contribution is -2.31. The Kier molecular flexibility index (Phi) is 5.36. The number of carbonyl (C=O) groups excluding carboxylic acids is 1. The van der Waals surface area contributed by atoms with Crippen LogP contribution in [0, 0.1) is 0 Å². The van der Waals surface area contributed by atoms with Crippen molar-refractivity contribution in [1.82, 2.24) is 4.90 Å². The summed E-state index contributed by atoms with van der Waals surface area (Å²) in [5.41, 5.74) is 5.08. The standard InChI is InChI=1S/C7H9BrN2OS.ClH/c1-10(7(9)11)4-6-5(8)2-3-12-6;/h2-3H,4H2,1H3,(H2,9,11);1H. The summed E-state index contributed by atoms with van der Waals surface area (Å²) >= 11 is 4.97. The zero-order chi connectivity index (χ0) is 9.14. The van der Waals surface area contributed by atoms with Crippen LogP contribution in [0.4, 0.5) is 4.79 Å². The number of urea groups is 1. The normalized spacial score (nSPS) is 9.08. The Labute approximate surface area is 95.4 Å². The van der Waals surface area contributed by atoms with Crippen LogP contribution >= 0.6 is 39.7 Å². The van der Waals surface area contributed by atoms with Gasteiger partial charge < -0.3 is 10.6 Å². The molecule has 1 aromatic rings. The fraction of sp³-hybridized carbons (Fsp3) is 0.286. The van der Waals surface area contributed by atoms with Crippen LogP contribution in [-0.2, 0) is 6.54 Å². The summed E-state index contributed by atoms with van der Waals surface area (Å²) in [6.07, 6.45) is 0. The number of nitrogens with zero attached hydrogens (tertiary/aromatic N) is 1. The van der Waals surface area contributed by atoms with E-state index in [1.54, 1.807) is 18.4 Å². The molecule has 0 aliphatic rings.